The van der Waals surface area contributed by atoms with Crippen molar-refractivity contribution in [1.29, 1.82) is 0 Å². The highest BCUT2D eigenvalue weighted by Gasteiger charge is 2.32. The maximum atomic E-state index is 11.7. The van der Waals surface area contributed by atoms with Crippen LogP contribution in [0.25, 0.3) is 0 Å². The summed E-state index contributed by atoms with van der Waals surface area (Å²) < 4.78 is 10.4. The summed E-state index contributed by atoms with van der Waals surface area (Å²) in [6, 6.07) is 5.69. The van der Waals surface area contributed by atoms with Crippen molar-refractivity contribution in [3.05, 3.63) is 23.8 Å². The first-order valence-corrected chi connectivity index (χ1v) is 5.62. The van der Waals surface area contributed by atoms with Crippen LogP contribution in [0, 0.1) is 0 Å². The molecule has 0 bridgehead atoms. The van der Waals surface area contributed by atoms with Crippen LogP contribution in [0.5, 0.6) is 11.5 Å². The molecule has 1 aromatic rings. The molecule has 0 saturated carbocycles. The maximum absolute atomic E-state index is 11.7. The van der Waals surface area contributed by atoms with Gasteiger partial charge in [-0.15, -0.1) is 0 Å². The molecule has 4 heteroatoms. The largest absolute Gasteiger partial charge is 0.493 e. The minimum absolute atomic E-state index is 0.0373. The van der Waals surface area contributed by atoms with Gasteiger partial charge in [0.2, 0.25) is 5.91 Å². The Balaban J connectivity index is 2.30. The second kappa shape index (κ2) is 4.65. The summed E-state index contributed by atoms with van der Waals surface area (Å²) in [4.78, 5) is 11.7. The van der Waals surface area contributed by atoms with Gasteiger partial charge >= 0.3 is 0 Å². The summed E-state index contributed by atoms with van der Waals surface area (Å²) in [7, 11) is 3.18. The van der Waals surface area contributed by atoms with Gasteiger partial charge in [0, 0.05) is 0 Å². The SMILES string of the molecule is COc1ccc(C2CC(C)[N]C2=O)cc1OC. The third-order valence-corrected chi connectivity index (χ3v) is 3.03. The number of rotatable bonds is 3. The molecule has 2 rings (SSSR count). The lowest BCUT2D eigenvalue weighted by atomic mass is 9.96. The summed E-state index contributed by atoms with van der Waals surface area (Å²) in [5, 5.41) is 4.03. The summed E-state index contributed by atoms with van der Waals surface area (Å²) in [6.07, 6.45) is 0.772. The predicted octanol–water partition coefficient (Wildman–Crippen LogP) is 1.71. The Morgan fingerprint density at radius 1 is 1.24 bits per heavy atom. The molecule has 2 unspecified atom stereocenters. The number of amides is 1. The van der Waals surface area contributed by atoms with Crippen LogP contribution >= 0.6 is 0 Å². The Hall–Kier alpha value is -1.71. The van der Waals surface area contributed by atoms with Crippen molar-refractivity contribution in [2.75, 3.05) is 14.2 Å². The van der Waals surface area contributed by atoms with E-state index in [1.165, 1.54) is 0 Å². The number of nitrogens with zero attached hydrogens (tertiary/aromatic N) is 1. The molecule has 2 atom stereocenters. The molecule has 1 saturated heterocycles. The van der Waals surface area contributed by atoms with Crippen LogP contribution in [0.3, 0.4) is 0 Å². The average Bonchev–Trinajstić information content (AvgIpc) is 2.67. The first-order valence-electron chi connectivity index (χ1n) is 5.62. The molecule has 1 aliphatic heterocycles. The number of carbonyl (C=O) groups is 1. The first-order chi connectivity index (χ1) is 8.15. The lowest BCUT2D eigenvalue weighted by molar-refractivity contribution is -0.120. The number of benzene rings is 1. The van der Waals surface area contributed by atoms with Crippen molar-refractivity contribution in [2.24, 2.45) is 0 Å². The van der Waals surface area contributed by atoms with Crippen molar-refractivity contribution in [3.63, 3.8) is 0 Å². The van der Waals surface area contributed by atoms with Crippen molar-refractivity contribution in [2.45, 2.75) is 25.3 Å². The molecular formula is C13H16NO3. The fourth-order valence-corrected chi connectivity index (χ4v) is 2.15. The van der Waals surface area contributed by atoms with Crippen LogP contribution in [0.2, 0.25) is 0 Å². The molecule has 4 nitrogen and oxygen atoms in total. The van der Waals surface area contributed by atoms with Gasteiger partial charge in [0.1, 0.15) is 0 Å². The van der Waals surface area contributed by atoms with E-state index in [4.69, 9.17) is 9.47 Å². The van der Waals surface area contributed by atoms with Crippen molar-refractivity contribution in [1.82, 2.24) is 5.32 Å². The van der Waals surface area contributed by atoms with E-state index in [-0.39, 0.29) is 17.9 Å². The smallest absolute Gasteiger partial charge is 0.249 e. The Labute approximate surface area is 101 Å². The summed E-state index contributed by atoms with van der Waals surface area (Å²) in [6.45, 7) is 1.96. The van der Waals surface area contributed by atoms with Crippen LogP contribution in [-0.2, 0) is 4.79 Å². The third kappa shape index (κ3) is 2.20. The number of ether oxygens (including phenoxy) is 2. The van der Waals surface area contributed by atoms with Crippen LogP contribution in [-0.4, -0.2) is 26.2 Å². The van der Waals surface area contributed by atoms with E-state index in [1.54, 1.807) is 14.2 Å². The minimum atomic E-state index is -0.134. The quantitative estimate of drug-likeness (QED) is 0.800. The van der Waals surface area contributed by atoms with E-state index in [9.17, 15) is 4.79 Å². The molecule has 1 fully saturated rings. The number of methoxy groups -OCH3 is 2. The van der Waals surface area contributed by atoms with Gasteiger partial charge in [0.05, 0.1) is 26.2 Å². The zero-order valence-corrected chi connectivity index (χ0v) is 10.3. The van der Waals surface area contributed by atoms with Crippen LogP contribution in [0.1, 0.15) is 24.8 Å². The fraction of sp³-hybridized carbons (Fsp3) is 0.462. The summed E-state index contributed by atoms with van der Waals surface area (Å²) in [5.41, 5.74) is 0.945. The highest BCUT2D eigenvalue weighted by Crippen LogP contribution is 2.34. The molecule has 0 N–H and O–H groups in total. The summed E-state index contributed by atoms with van der Waals surface area (Å²) >= 11 is 0. The first kappa shape index (κ1) is 11.8. The molecule has 0 aliphatic carbocycles. The molecule has 1 radical (unpaired) electrons. The Kier molecular flexibility index (Phi) is 3.22. The minimum Gasteiger partial charge on any atom is -0.493 e. The number of hydrogen-bond donors (Lipinski definition) is 0. The van der Waals surface area contributed by atoms with E-state index >= 15 is 0 Å². The average molecular weight is 234 g/mol. The molecule has 1 amide bonds. The Morgan fingerprint density at radius 3 is 2.47 bits per heavy atom. The molecule has 1 heterocycles. The van der Waals surface area contributed by atoms with E-state index < -0.39 is 0 Å². The number of hydrogen-bond acceptors (Lipinski definition) is 3. The molecule has 91 valence electrons. The second-order valence-corrected chi connectivity index (χ2v) is 4.22. The van der Waals surface area contributed by atoms with Crippen molar-refractivity contribution >= 4 is 5.91 Å². The number of carbonyl (C=O) groups excluding carboxylic acids is 1. The van der Waals surface area contributed by atoms with Crippen LogP contribution in [0.4, 0.5) is 0 Å². The van der Waals surface area contributed by atoms with Gasteiger partial charge in [0.15, 0.2) is 11.5 Å². The maximum Gasteiger partial charge on any atom is 0.249 e. The third-order valence-electron chi connectivity index (χ3n) is 3.03. The topological polar surface area (TPSA) is 49.6 Å². The lowest BCUT2D eigenvalue weighted by Crippen LogP contribution is -2.15. The normalized spacial score (nSPS) is 23.4. The molecule has 1 aliphatic rings. The van der Waals surface area contributed by atoms with E-state index in [0.717, 1.165) is 12.0 Å². The van der Waals surface area contributed by atoms with Gasteiger partial charge in [-0.2, -0.15) is 0 Å². The van der Waals surface area contributed by atoms with Gasteiger partial charge in [-0.25, -0.2) is 5.32 Å². The lowest BCUT2D eigenvalue weighted by Gasteiger charge is -2.12. The highest BCUT2D eigenvalue weighted by atomic mass is 16.5. The second-order valence-electron chi connectivity index (χ2n) is 4.22. The van der Waals surface area contributed by atoms with Crippen molar-refractivity contribution in [3.8, 4) is 11.5 Å². The molecule has 0 spiro atoms. The highest BCUT2D eigenvalue weighted by molar-refractivity contribution is 5.86. The standard InChI is InChI=1S/C13H16NO3/c1-8-6-10(13(15)14-8)9-4-5-11(16-2)12(7-9)17-3/h4-5,7-8,10H,6H2,1-3H3. The van der Waals surface area contributed by atoms with Gasteiger partial charge < -0.3 is 9.47 Å². The molecule has 0 aromatic heterocycles. The molecule has 1 aromatic carbocycles. The molecular weight excluding hydrogens is 218 g/mol. The van der Waals surface area contributed by atoms with Gasteiger partial charge in [-0.05, 0) is 31.0 Å². The van der Waals surface area contributed by atoms with Gasteiger partial charge in [-0.3, -0.25) is 4.79 Å². The fourth-order valence-electron chi connectivity index (χ4n) is 2.15. The van der Waals surface area contributed by atoms with Crippen LogP contribution < -0.4 is 14.8 Å². The Morgan fingerprint density at radius 2 is 1.94 bits per heavy atom. The monoisotopic (exact) mass is 234 g/mol. The van der Waals surface area contributed by atoms with E-state index in [2.05, 4.69) is 5.32 Å². The molecule has 17 heavy (non-hydrogen) atoms. The predicted molar refractivity (Wildman–Crippen MR) is 63.5 cm³/mol. The zero-order chi connectivity index (χ0) is 12.4. The zero-order valence-electron chi connectivity index (χ0n) is 10.3. The van der Waals surface area contributed by atoms with Gasteiger partial charge in [-0.1, -0.05) is 6.07 Å². The van der Waals surface area contributed by atoms with Crippen LogP contribution in [0.15, 0.2) is 18.2 Å². The van der Waals surface area contributed by atoms with Crippen molar-refractivity contribution < 1.29 is 14.3 Å². The van der Waals surface area contributed by atoms with Gasteiger partial charge in [0.25, 0.3) is 0 Å². The Bertz CT molecular complexity index is 431. The summed E-state index contributed by atoms with van der Waals surface area (Å²) in [5.74, 6) is 1.15. The van der Waals surface area contributed by atoms with E-state index in [0.29, 0.717) is 11.5 Å². The van der Waals surface area contributed by atoms with E-state index in [1.807, 2.05) is 25.1 Å².